The number of carboxylic acid groups (broad SMARTS) is 1. The molecule has 22 heavy (non-hydrogen) atoms. The average molecular weight is 323 g/mol. The minimum atomic E-state index is -0.759. The Hall–Kier alpha value is -1.69. The van der Waals surface area contributed by atoms with Crippen LogP contribution in [0.2, 0.25) is 0 Å². The number of carboxylic acids is 1. The van der Waals surface area contributed by atoms with Gasteiger partial charge in [-0.25, -0.2) is 0 Å². The van der Waals surface area contributed by atoms with E-state index < -0.39 is 5.97 Å². The van der Waals surface area contributed by atoms with Gasteiger partial charge in [0.15, 0.2) is 0 Å². The molecule has 2 unspecified atom stereocenters. The number of nitrogens with zero attached hydrogens (tertiary/aromatic N) is 1. The molecule has 1 aliphatic rings. The number of benzene rings is 1. The Morgan fingerprint density at radius 3 is 2.86 bits per heavy atom. The zero-order valence-corrected chi connectivity index (χ0v) is 13.6. The second kappa shape index (κ2) is 7.54. The van der Waals surface area contributed by atoms with E-state index in [0.29, 0.717) is 25.3 Å². The second-order valence-electron chi connectivity index (χ2n) is 5.52. The van der Waals surface area contributed by atoms with Crippen molar-refractivity contribution in [3.63, 3.8) is 0 Å². The van der Waals surface area contributed by atoms with Crippen molar-refractivity contribution in [2.24, 2.45) is 11.8 Å². The highest BCUT2D eigenvalue weighted by Gasteiger charge is 2.32. The Morgan fingerprint density at radius 1 is 1.45 bits per heavy atom. The zero-order chi connectivity index (χ0) is 16.1. The molecule has 5 nitrogen and oxygen atoms in total. The summed E-state index contributed by atoms with van der Waals surface area (Å²) in [5.74, 6) is 0.0896. The van der Waals surface area contributed by atoms with Crippen molar-refractivity contribution in [2.75, 3.05) is 26.0 Å². The van der Waals surface area contributed by atoms with Gasteiger partial charge < -0.3 is 14.7 Å². The molecule has 1 heterocycles. The Kier molecular flexibility index (Phi) is 5.71. The lowest BCUT2D eigenvalue weighted by Crippen LogP contribution is -2.45. The number of piperidine rings is 1. The van der Waals surface area contributed by atoms with Gasteiger partial charge in [-0.2, -0.15) is 0 Å². The summed E-state index contributed by atoms with van der Waals surface area (Å²) in [5, 5.41) is 9.12. The van der Waals surface area contributed by atoms with Crippen LogP contribution in [0.3, 0.4) is 0 Å². The van der Waals surface area contributed by atoms with Gasteiger partial charge in [-0.1, -0.05) is 13.0 Å². The number of likely N-dealkylation sites (tertiary alicyclic amines) is 1. The minimum Gasteiger partial charge on any atom is -0.497 e. The van der Waals surface area contributed by atoms with E-state index in [1.807, 2.05) is 31.2 Å². The molecule has 1 aromatic carbocycles. The van der Waals surface area contributed by atoms with Gasteiger partial charge in [0.25, 0.3) is 0 Å². The summed E-state index contributed by atoms with van der Waals surface area (Å²) < 4.78 is 5.16. The maximum Gasteiger partial charge on any atom is 0.306 e. The summed E-state index contributed by atoms with van der Waals surface area (Å²) >= 11 is 1.47. The predicted molar refractivity (Wildman–Crippen MR) is 85.2 cm³/mol. The Balaban J connectivity index is 1.86. The van der Waals surface area contributed by atoms with E-state index in [9.17, 15) is 9.59 Å². The molecule has 0 radical (unpaired) electrons. The quantitative estimate of drug-likeness (QED) is 0.843. The molecule has 1 saturated heterocycles. The molecule has 0 bridgehead atoms. The number of hydrogen-bond acceptors (Lipinski definition) is 4. The molecule has 6 heteroatoms. The van der Waals surface area contributed by atoms with Crippen molar-refractivity contribution in [1.82, 2.24) is 4.90 Å². The van der Waals surface area contributed by atoms with Crippen LogP contribution in [0, 0.1) is 11.8 Å². The maximum atomic E-state index is 12.3. The van der Waals surface area contributed by atoms with E-state index in [0.717, 1.165) is 10.6 Å². The first-order chi connectivity index (χ1) is 10.5. The van der Waals surface area contributed by atoms with Gasteiger partial charge >= 0.3 is 5.97 Å². The van der Waals surface area contributed by atoms with Crippen molar-refractivity contribution < 1.29 is 19.4 Å². The second-order valence-corrected chi connectivity index (χ2v) is 6.57. The van der Waals surface area contributed by atoms with Crippen LogP contribution in [0.5, 0.6) is 5.75 Å². The van der Waals surface area contributed by atoms with Crippen LogP contribution >= 0.6 is 11.8 Å². The molecular formula is C16H21NO4S. The van der Waals surface area contributed by atoms with Gasteiger partial charge in [0.2, 0.25) is 5.91 Å². The smallest absolute Gasteiger partial charge is 0.306 e. The molecule has 2 rings (SSSR count). The van der Waals surface area contributed by atoms with Crippen LogP contribution in [-0.4, -0.2) is 47.8 Å². The summed E-state index contributed by atoms with van der Waals surface area (Å²) in [6, 6.07) is 7.60. The van der Waals surface area contributed by atoms with Crippen molar-refractivity contribution in [1.29, 1.82) is 0 Å². The van der Waals surface area contributed by atoms with Crippen LogP contribution < -0.4 is 4.74 Å². The van der Waals surface area contributed by atoms with Crippen molar-refractivity contribution in [3.05, 3.63) is 24.3 Å². The topological polar surface area (TPSA) is 66.8 Å². The fourth-order valence-electron chi connectivity index (χ4n) is 2.67. The average Bonchev–Trinajstić information content (AvgIpc) is 2.52. The lowest BCUT2D eigenvalue weighted by atomic mass is 9.87. The molecule has 1 aromatic rings. The van der Waals surface area contributed by atoms with E-state index in [1.54, 1.807) is 12.0 Å². The molecule has 0 aromatic heterocycles. The number of ether oxygens (including phenoxy) is 1. The lowest BCUT2D eigenvalue weighted by molar-refractivity contribution is -0.147. The summed E-state index contributed by atoms with van der Waals surface area (Å²) in [4.78, 5) is 26.1. The summed E-state index contributed by atoms with van der Waals surface area (Å²) in [7, 11) is 1.61. The number of aliphatic carboxylic acids is 1. The normalized spacial score (nSPS) is 21.5. The van der Waals surface area contributed by atoms with E-state index in [1.165, 1.54) is 11.8 Å². The minimum absolute atomic E-state index is 0.00276. The first-order valence-corrected chi connectivity index (χ1v) is 8.27. The molecule has 0 aliphatic carbocycles. The number of amides is 1. The third-order valence-corrected chi connectivity index (χ3v) is 4.96. The number of rotatable bonds is 5. The number of methoxy groups -OCH3 is 1. The van der Waals surface area contributed by atoms with Gasteiger partial charge in [-0.15, -0.1) is 11.8 Å². The van der Waals surface area contributed by atoms with Gasteiger partial charge in [-0.3, -0.25) is 9.59 Å². The maximum absolute atomic E-state index is 12.3. The molecule has 2 atom stereocenters. The van der Waals surface area contributed by atoms with E-state index in [4.69, 9.17) is 9.84 Å². The third-order valence-electron chi connectivity index (χ3n) is 3.98. The van der Waals surface area contributed by atoms with Crippen LogP contribution in [0.4, 0.5) is 0 Å². The van der Waals surface area contributed by atoms with Crippen molar-refractivity contribution in [3.8, 4) is 5.75 Å². The number of carbonyl (C=O) groups is 2. The molecule has 1 amide bonds. The SMILES string of the molecule is COc1cccc(SCC(=O)N2CCC(C(=O)O)C(C)C2)c1. The fraction of sp³-hybridized carbons (Fsp3) is 0.500. The Bertz CT molecular complexity index is 549. The molecule has 120 valence electrons. The van der Waals surface area contributed by atoms with E-state index in [2.05, 4.69) is 0 Å². The zero-order valence-electron chi connectivity index (χ0n) is 12.8. The third kappa shape index (κ3) is 4.16. The standard InChI is InChI=1S/C16H21NO4S/c1-11-9-17(7-6-14(11)16(19)20)15(18)10-22-13-5-3-4-12(8-13)21-2/h3-5,8,11,14H,6-7,9-10H2,1-2H3,(H,19,20). The van der Waals surface area contributed by atoms with E-state index >= 15 is 0 Å². The molecule has 1 aliphatic heterocycles. The summed E-state index contributed by atoms with van der Waals surface area (Å²) in [6.45, 7) is 2.95. The first-order valence-electron chi connectivity index (χ1n) is 7.28. The Morgan fingerprint density at radius 2 is 2.23 bits per heavy atom. The molecular weight excluding hydrogens is 302 g/mol. The van der Waals surface area contributed by atoms with Gasteiger partial charge in [0, 0.05) is 18.0 Å². The fourth-order valence-corrected chi connectivity index (χ4v) is 3.51. The molecule has 0 spiro atoms. The molecule has 0 saturated carbocycles. The highest BCUT2D eigenvalue weighted by molar-refractivity contribution is 8.00. The lowest BCUT2D eigenvalue weighted by Gasteiger charge is -2.34. The highest BCUT2D eigenvalue weighted by Crippen LogP contribution is 2.26. The van der Waals surface area contributed by atoms with Crippen LogP contribution in [-0.2, 0) is 9.59 Å². The van der Waals surface area contributed by atoms with Gasteiger partial charge in [-0.05, 0) is 30.5 Å². The largest absolute Gasteiger partial charge is 0.497 e. The highest BCUT2D eigenvalue weighted by atomic mass is 32.2. The monoisotopic (exact) mass is 323 g/mol. The van der Waals surface area contributed by atoms with Crippen molar-refractivity contribution in [2.45, 2.75) is 18.2 Å². The van der Waals surface area contributed by atoms with Crippen LogP contribution in [0.15, 0.2) is 29.2 Å². The Labute approximate surface area is 134 Å². The number of carbonyl (C=O) groups excluding carboxylic acids is 1. The molecule has 1 fully saturated rings. The molecule has 1 N–H and O–H groups in total. The summed E-state index contributed by atoms with van der Waals surface area (Å²) in [6.07, 6.45) is 0.534. The number of thioether (sulfide) groups is 1. The summed E-state index contributed by atoms with van der Waals surface area (Å²) in [5.41, 5.74) is 0. The van der Waals surface area contributed by atoms with Crippen molar-refractivity contribution >= 4 is 23.6 Å². The first kappa shape index (κ1) is 16.7. The predicted octanol–water partition coefficient (Wildman–Crippen LogP) is 2.36. The van der Waals surface area contributed by atoms with E-state index in [-0.39, 0.29) is 17.7 Å². The van der Waals surface area contributed by atoms with Gasteiger partial charge in [0.1, 0.15) is 5.75 Å². The van der Waals surface area contributed by atoms with Gasteiger partial charge in [0.05, 0.1) is 18.8 Å². The van der Waals surface area contributed by atoms with Crippen LogP contribution in [0.1, 0.15) is 13.3 Å². The van der Waals surface area contributed by atoms with Crippen LogP contribution in [0.25, 0.3) is 0 Å². The number of hydrogen-bond donors (Lipinski definition) is 1.